The average molecular weight is 321 g/mol. The molecule has 0 radical (unpaired) electrons. The average Bonchev–Trinajstić information content (AvgIpc) is 2.47. The molecule has 2 N–H and O–H groups in total. The highest BCUT2D eigenvalue weighted by Gasteiger charge is 2.24. The van der Waals surface area contributed by atoms with Gasteiger partial charge in [0.15, 0.2) is 0 Å². The van der Waals surface area contributed by atoms with E-state index in [0.29, 0.717) is 18.7 Å². The Kier molecular flexibility index (Phi) is 5.96. The van der Waals surface area contributed by atoms with Crippen molar-refractivity contribution in [2.45, 2.75) is 45.2 Å². The molecule has 0 aromatic heterocycles. The fourth-order valence-electron chi connectivity index (χ4n) is 2.70. The number of nitrogens with zero attached hydrogens (tertiary/aromatic N) is 1. The fraction of sp³-hybridized carbons (Fsp3) is 0.529. The minimum absolute atomic E-state index is 0.000631. The van der Waals surface area contributed by atoms with Gasteiger partial charge in [-0.15, -0.1) is 0 Å². The van der Waals surface area contributed by atoms with Crippen molar-refractivity contribution in [1.29, 1.82) is 0 Å². The van der Waals surface area contributed by atoms with E-state index in [4.69, 9.17) is 0 Å². The van der Waals surface area contributed by atoms with E-state index < -0.39 is 0 Å². The van der Waals surface area contributed by atoms with Crippen LogP contribution in [0.3, 0.4) is 0 Å². The van der Waals surface area contributed by atoms with Gasteiger partial charge in [-0.1, -0.05) is 12.1 Å². The molecule has 126 valence electrons. The largest absolute Gasteiger partial charge is 0.342 e. The van der Waals surface area contributed by atoms with Crippen molar-refractivity contribution in [1.82, 2.24) is 15.5 Å². The second-order valence-corrected chi connectivity index (χ2v) is 6.23. The van der Waals surface area contributed by atoms with Crippen molar-refractivity contribution >= 4 is 11.9 Å². The molecule has 2 rings (SSSR count). The van der Waals surface area contributed by atoms with Crippen molar-refractivity contribution in [3.63, 3.8) is 0 Å². The van der Waals surface area contributed by atoms with Gasteiger partial charge >= 0.3 is 6.03 Å². The quantitative estimate of drug-likeness (QED) is 0.892. The first-order valence-corrected chi connectivity index (χ1v) is 8.03. The van der Waals surface area contributed by atoms with Crippen LogP contribution in [0.15, 0.2) is 24.3 Å². The highest BCUT2D eigenvalue weighted by Crippen LogP contribution is 2.13. The predicted octanol–water partition coefficient (Wildman–Crippen LogP) is 2.07. The molecule has 1 aromatic rings. The lowest BCUT2D eigenvalue weighted by molar-refractivity contribution is -0.131. The molecule has 0 aliphatic carbocycles. The summed E-state index contributed by atoms with van der Waals surface area (Å²) in [6.07, 6.45) is 1.69. The van der Waals surface area contributed by atoms with Crippen LogP contribution in [0.5, 0.6) is 0 Å². The van der Waals surface area contributed by atoms with Crippen LogP contribution < -0.4 is 10.6 Å². The summed E-state index contributed by atoms with van der Waals surface area (Å²) in [7, 11) is 0. The lowest BCUT2D eigenvalue weighted by atomic mass is 10.0. The molecule has 1 saturated heterocycles. The second kappa shape index (κ2) is 7.94. The minimum Gasteiger partial charge on any atom is -0.342 e. The maximum absolute atomic E-state index is 13.2. The minimum atomic E-state index is -0.325. The molecule has 3 amide bonds. The zero-order valence-corrected chi connectivity index (χ0v) is 13.6. The summed E-state index contributed by atoms with van der Waals surface area (Å²) in [5, 5.41) is 5.73. The number of likely N-dealkylation sites (tertiary alicyclic amines) is 1. The summed E-state index contributed by atoms with van der Waals surface area (Å²) in [4.78, 5) is 25.7. The third-order valence-corrected chi connectivity index (χ3v) is 3.85. The van der Waals surface area contributed by atoms with E-state index in [1.54, 1.807) is 17.0 Å². The van der Waals surface area contributed by atoms with Crippen molar-refractivity contribution in [3.05, 3.63) is 35.6 Å². The van der Waals surface area contributed by atoms with Gasteiger partial charge in [-0.3, -0.25) is 4.79 Å². The topological polar surface area (TPSA) is 61.4 Å². The number of nitrogens with one attached hydrogen (secondary N) is 2. The van der Waals surface area contributed by atoms with E-state index >= 15 is 0 Å². The first kappa shape index (κ1) is 17.2. The standard InChI is InChI=1S/C17H24FN3O2/c1-12(2)19-17(23)20-15-6-8-21(9-7-15)16(22)11-13-4-3-5-14(18)10-13/h3-5,10,12,15H,6-9,11H2,1-2H3,(H2,19,20,23). The number of piperidine rings is 1. The molecule has 0 spiro atoms. The molecule has 1 aliphatic rings. The summed E-state index contributed by atoms with van der Waals surface area (Å²) in [6, 6.07) is 6.16. The summed E-state index contributed by atoms with van der Waals surface area (Å²) < 4.78 is 13.2. The molecule has 5 nitrogen and oxygen atoms in total. The number of rotatable bonds is 4. The van der Waals surface area contributed by atoms with Gasteiger partial charge in [0.05, 0.1) is 6.42 Å². The van der Waals surface area contributed by atoms with Crippen LogP contribution >= 0.6 is 0 Å². The van der Waals surface area contributed by atoms with Crippen molar-refractivity contribution in [2.75, 3.05) is 13.1 Å². The Hall–Kier alpha value is -2.11. The molecule has 1 aromatic carbocycles. The Balaban J connectivity index is 1.77. The molecule has 0 saturated carbocycles. The molecule has 0 atom stereocenters. The van der Waals surface area contributed by atoms with Crippen LogP contribution in [-0.2, 0) is 11.2 Å². The fourth-order valence-corrected chi connectivity index (χ4v) is 2.70. The normalized spacial score (nSPS) is 15.6. The summed E-state index contributed by atoms with van der Waals surface area (Å²) in [5.41, 5.74) is 0.687. The van der Waals surface area contributed by atoms with Gasteiger partial charge in [0.25, 0.3) is 0 Å². The van der Waals surface area contributed by atoms with Crippen LogP contribution in [-0.4, -0.2) is 42.0 Å². The summed E-state index contributed by atoms with van der Waals surface area (Å²) >= 11 is 0. The van der Waals surface area contributed by atoms with Gasteiger partial charge < -0.3 is 15.5 Å². The maximum Gasteiger partial charge on any atom is 0.315 e. The Labute approximate surface area is 136 Å². The molecule has 1 fully saturated rings. The molecule has 23 heavy (non-hydrogen) atoms. The van der Waals surface area contributed by atoms with Gasteiger partial charge in [-0.25, -0.2) is 9.18 Å². The van der Waals surface area contributed by atoms with Crippen LogP contribution in [0.2, 0.25) is 0 Å². The number of benzene rings is 1. The molecular weight excluding hydrogens is 297 g/mol. The first-order valence-electron chi connectivity index (χ1n) is 8.03. The van der Waals surface area contributed by atoms with Gasteiger partial charge in [0, 0.05) is 25.2 Å². The van der Waals surface area contributed by atoms with Gasteiger partial charge in [-0.2, -0.15) is 0 Å². The van der Waals surface area contributed by atoms with Gasteiger partial charge in [0.2, 0.25) is 5.91 Å². The third kappa shape index (κ3) is 5.54. The Morgan fingerprint density at radius 2 is 2.00 bits per heavy atom. The number of halogens is 1. The van der Waals surface area contributed by atoms with Crippen molar-refractivity contribution < 1.29 is 14.0 Å². The Morgan fingerprint density at radius 1 is 1.30 bits per heavy atom. The summed E-state index contributed by atoms with van der Waals surface area (Å²) in [5.74, 6) is -0.324. The van der Waals surface area contributed by atoms with Crippen LogP contribution in [0, 0.1) is 5.82 Å². The smallest absolute Gasteiger partial charge is 0.315 e. The molecule has 1 heterocycles. The number of urea groups is 1. The monoisotopic (exact) mass is 321 g/mol. The Morgan fingerprint density at radius 3 is 2.61 bits per heavy atom. The van der Waals surface area contributed by atoms with Crippen LogP contribution in [0.4, 0.5) is 9.18 Å². The lowest BCUT2D eigenvalue weighted by Gasteiger charge is -2.32. The number of amides is 3. The second-order valence-electron chi connectivity index (χ2n) is 6.23. The number of hydrogen-bond donors (Lipinski definition) is 2. The van der Waals surface area contributed by atoms with Gasteiger partial charge in [0.1, 0.15) is 5.82 Å². The first-order chi connectivity index (χ1) is 10.9. The van der Waals surface area contributed by atoms with Gasteiger partial charge in [-0.05, 0) is 44.4 Å². The lowest BCUT2D eigenvalue weighted by Crippen LogP contribution is -2.50. The SMILES string of the molecule is CC(C)NC(=O)NC1CCN(C(=O)Cc2cccc(F)c2)CC1. The van der Waals surface area contributed by atoms with Crippen LogP contribution in [0.25, 0.3) is 0 Å². The molecular formula is C17H24FN3O2. The zero-order valence-electron chi connectivity index (χ0n) is 13.6. The highest BCUT2D eigenvalue weighted by atomic mass is 19.1. The number of carbonyl (C=O) groups excluding carboxylic acids is 2. The number of carbonyl (C=O) groups is 2. The van der Waals surface area contributed by atoms with E-state index in [-0.39, 0.29) is 36.3 Å². The van der Waals surface area contributed by atoms with Crippen molar-refractivity contribution in [2.24, 2.45) is 0 Å². The van der Waals surface area contributed by atoms with E-state index in [9.17, 15) is 14.0 Å². The molecule has 0 unspecified atom stereocenters. The predicted molar refractivity (Wildman–Crippen MR) is 86.5 cm³/mol. The zero-order chi connectivity index (χ0) is 16.8. The van der Waals surface area contributed by atoms with E-state index in [2.05, 4.69) is 10.6 Å². The third-order valence-electron chi connectivity index (χ3n) is 3.85. The summed E-state index contributed by atoms with van der Waals surface area (Å²) in [6.45, 7) is 5.04. The maximum atomic E-state index is 13.2. The molecule has 0 bridgehead atoms. The van der Waals surface area contributed by atoms with E-state index in [1.165, 1.54) is 12.1 Å². The highest BCUT2D eigenvalue weighted by molar-refractivity contribution is 5.79. The number of hydrogen-bond acceptors (Lipinski definition) is 2. The van der Waals surface area contributed by atoms with E-state index in [0.717, 1.165) is 12.8 Å². The van der Waals surface area contributed by atoms with Crippen molar-refractivity contribution in [3.8, 4) is 0 Å². The molecule has 1 aliphatic heterocycles. The Bertz CT molecular complexity index is 555. The van der Waals surface area contributed by atoms with Crippen LogP contribution in [0.1, 0.15) is 32.3 Å². The molecule has 6 heteroatoms. The van der Waals surface area contributed by atoms with E-state index in [1.807, 2.05) is 13.8 Å².